The van der Waals surface area contributed by atoms with Crippen LogP contribution in [-0.4, -0.2) is 17.2 Å². The Morgan fingerprint density at radius 1 is 1.00 bits per heavy atom. The molecule has 0 radical (unpaired) electrons. The van der Waals surface area contributed by atoms with Gasteiger partial charge in [0.05, 0.1) is 5.56 Å². The van der Waals surface area contributed by atoms with Gasteiger partial charge >= 0.3 is 12.1 Å². The molecular weight excluding hydrogens is 208 g/mol. The summed E-state index contributed by atoms with van der Waals surface area (Å²) in [5.74, 6) is -0.857. The molecule has 0 bridgehead atoms. The first-order valence-electron chi connectivity index (χ1n) is 4.61. The van der Waals surface area contributed by atoms with E-state index in [4.69, 9.17) is 5.11 Å². The summed E-state index contributed by atoms with van der Waals surface area (Å²) < 4.78 is 4.12. The van der Waals surface area contributed by atoms with E-state index in [2.05, 4.69) is 4.74 Å². The van der Waals surface area contributed by atoms with E-state index in [0.29, 0.717) is 5.39 Å². The van der Waals surface area contributed by atoms with Gasteiger partial charge < -0.3 is 9.84 Å². The van der Waals surface area contributed by atoms with Crippen molar-refractivity contribution in [1.82, 2.24) is 0 Å². The molecule has 0 saturated heterocycles. The summed E-state index contributed by atoms with van der Waals surface area (Å²) in [6.07, 6.45) is -1.60. The van der Waals surface area contributed by atoms with Gasteiger partial charge in [-0.25, -0.2) is 9.59 Å². The second-order valence-electron chi connectivity index (χ2n) is 3.18. The standard InChI is InChI=1S/C12H8O4/c13-11(16-12(14)15)10-7-3-5-8-4-1-2-6-9(8)10/h1-7H,(H,14,15). The van der Waals surface area contributed by atoms with Crippen molar-refractivity contribution in [3.8, 4) is 0 Å². The summed E-state index contributed by atoms with van der Waals surface area (Å²) in [5, 5.41) is 9.91. The molecule has 0 atom stereocenters. The lowest BCUT2D eigenvalue weighted by molar-refractivity contribution is 0.0511. The van der Waals surface area contributed by atoms with Gasteiger partial charge in [-0.2, -0.15) is 0 Å². The highest BCUT2D eigenvalue weighted by Crippen LogP contribution is 2.19. The minimum Gasteiger partial charge on any atom is -0.449 e. The molecule has 0 unspecified atom stereocenters. The highest BCUT2D eigenvalue weighted by atomic mass is 16.7. The van der Waals surface area contributed by atoms with Gasteiger partial charge in [0.15, 0.2) is 0 Å². The van der Waals surface area contributed by atoms with Crippen LogP contribution in [0, 0.1) is 0 Å². The fraction of sp³-hybridized carbons (Fsp3) is 0. The summed E-state index contributed by atoms with van der Waals surface area (Å²) in [4.78, 5) is 21.7. The minimum atomic E-state index is -1.60. The van der Waals surface area contributed by atoms with Crippen molar-refractivity contribution in [3.63, 3.8) is 0 Å². The fourth-order valence-electron chi connectivity index (χ4n) is 1.54. The molecule has 0 aliphatic rings. The van der Waals surface area contributed by atoms with Gasteiger partial charge in [-0.3, -0.25) is 0 Å². The maximum Gasteiger partial charge on any atom is 0.513 e. The van der Waals surface area contributed by atoms with Crippen LogP contribution in [0.1, 0.15) is 10.4 Å². The van der Waals surface area contributed by atoms with Crippen LogP contribution < -0.4 is 0 Å². The summed E-state index contributed by atoms with van der Waals surface area (Å²) in [6, 6.07) is 12.3. The van der Waals surface area contributed by atoms with E-state index in [9.17, 15) is 9.59 Å². The molecule has 4 nitrogen and oxygen atoms in total. The molecule has 0 aliphatic carbocycles. The van der Waals surface area contributed by atoms with Crippen LogP contribution in [0.4, 0.5) is 4.79 Å². The van der Waals surface area contributed by atoms with E-state index in [-0.39, 0.29) is 5.56 Å². The van der Waals surface area contributed by atoms with E-state index < -0.39 is 12.1 Å². The Hall–Kier alpha value is -2.36. The van der Waals surface area contributed by atoms with Crippen molar-refractivity contribution < 1.29 is 19.4 Å². The third-order valence-corrected chi connectivity index (χ3v) is 2.19. The van der Waals surface area contributed by atoms with E-state index in [1.54, 1.807) is 18.2 Å². The SMILES string of the molecule is O=C(O)OC(=O)c1cccc2ccccc12. The molecule has 16 heavy (non-hydrogen) atoms. The molecule has 0 spiro atoms. The van der Waals surface area contributed by atoms with Gasteiger partial charge in [-0.05, 0) is 16.8 Å². The van der Waals surface area contributed by atoms with Crippen LogP contribution in [0.3, 0.4) is 0 Å². The first kappa shape index (κ1) is 10.2. The number of carbonyl (C=O) groups is 2. The average molecular weight is 216 g/mol. The molecule has 2 aromatic carbocycles. The maximum atomic E-state index is 11.5. The van der Waals surface area contributed by atoms with E-state index in [1.807, 2.05) is 18.2 Å². The predicted octanol–water partition coefficient (Wildman–Crippen LogP) is 2.67. The van der Waals surface area contributed by atoms with Gasteiger partial charge in [0, 0.05) is 0 Å². The van der Waals surface area contributed by atoms with Crippen LogP contribution in [0.15, 0.2) is 42.5 Å². The zero-order chi connectivity index (χ0) is 11.5. The summed E-state index contributed by atoms with van der Waals surface area (Å²) in [5.41, 5.74) is 0.250. The lowest BCUT2D eigenvalue weighted by Crippen LogP contribution is -2.10. The lowest BCUT2D eigenvalue weighted by atomic mass is 10.1. The zero-order valence-electron chi connectivity index (χ0n) is 8.21. The van der Waals surface area contributed by atoms with Crippen LogP contribution >= 0.6 is 0 Å². The van der Waals surface area contributed by atoms with E-state index in [1.165, 1.54) is 6.07 Å². The number of ether oxygens (including phenoxy) is 1. The second-order valence-corrected chi connectivity index (χ2v) is 3.18. The highest BCUT2D eigenvalue weighted by Gasteiger charge is 2.13. The number of carboxylic acid groups (broad SMARTS) is 1. The van der Waals surface area contributed by atoms with Gasteiger partial charge in [0.25, 0.3) is 0 Å². The van der Waals surface area contributed by atoms with E-state index >= 15 is 0 Å². The third kappa shape index (κ3) is 1.86. The van der Waals surface area contributed by atoms with Crippen molar-refractivity contribution >= 4 is 22.9 Å². The summed E-state index contributed by atoms with van der Waals surface area (Å²) in [7, 11) is 0. The topological polar surface area (TPSA) is 63.6 Å². The van der Waals surface area contributed by atoms with Crippen LogP contribution in [0.2, 0.25) is 0 Å². The number of carbonyl (C=O) groups excluding carboxylic acids is 1. The molecule has 0 fully saturated rings. The Morgan fingerprint density at radius 3 is 2.44 bits per heavy atom. The van der Waals surface area contributed by atoms with Crippen molar-refractivity contribution in [1.29, 1.82) is 0 Å². The number of fused-ring (bicyclic) bond motifs is 1. The first-order valence-corrected chi connectivity index (χ1v) is 4.61. The Bertz CT molecular complexity index is 554. The smallest absolute Gasteiger partial charge is 0.449 e. The molecule has 1 N–H and O–H groups in total. The number of hydrogen-bond donors (Lipinski definition) is 1. The quantitative estimate of drug-likeness (QED) is 0.588. The van der Waals surface area contributed by atoms with Crippen molar-refractivity contribution in [2.75, 3.05) is 0 Å². The molecule has 80 valence electrons. The van der Waals surface area contributed by atoms with E-state index in [0.717, 1.165) is 5.39 Å². The Labute approximate surface area is 91.1 Å². The Morgan fingerprint density at radius 2 is 1.69 bits per heavy atom. The maximum absolute atomic E-state index is 11.5. The number of hydrogen-bond acceptors (Lipinski definition) is 3. The second kappa shape index (κ2) is 4.02. The molecule has 0 aromatic heterocycles. The summed E-state index contributed by atoms with van der Waals surface area (Å²) >= 11 is 0. The Balaban J connectivity index is 2.52. The van der Waals surface area contributed by atoms with Gasteiger partial charge in [0.1, 0.15) is 0 Å². The zero-order valence-corrected chi connectivity index (χ0v) is 8.21. The van der Waals surface area contributed by atoms with Crippen LogP contribution in [-0.2, 0) is 4.74 Å². The Kier molecular flexibility index (Phi) is 2.55. The van der Waals surface area contributed by atoms with Crippen molar-refractivity contribution in [3.05, 3.63) is 48.0 Å². The molecule has 2 rings (SSSR count). The monoisotopic (exact) mass is 216 g/mol. The van der Waals surface area contributed by atoms with Gasteiger partial charge in [-0.1, -0.05) is 36.4 Å². The molecule has 2 aromatic rings. The van der Waals surface area contributed by atoms with Gasteiger partial charge in [0.2, 0.25) is 0 Å². The molecule has 4 heteroatoms. The van der Waals surface area contributed by atoms with Crippen molar-refractivity contribution in [2.45, 2.75) is 0 Å². The number of benzene rings is 2. The van der Waals surface area contributed by atoms with Crippen LogP contribution in [0.25, 0.3) is 10.8 Å². The predicted molar refractivity (Wildman–Crippen MR) is 57.4 cm³/mol. The number of esters is 1. The minimum absolute atomic E-state index is 0.250. The fourth-order valence-corrected chi connectivity index (χ4v) is 1.54. The van der Waals surface area contributed by atoms with Crippen molar-refractivity contribution in [2.24, 2.45) is 0 Å². The molecule has 0 aliphatic heterocycles. The normalized spacial score (nSPS) is 10.0. The molecule has 0 saturated carbocycles. The molecular formula is C12H8O4. The first-order chi connectivity index (χ1) is 7.68. The van der Waals surface area contributed by atoms with Crippen LogP contribution in [0.5, 0.6) is 0 Å². The van der Waals surface area contributed by atoms with Gasteiger partial charge in [-0.15, -0.1) is 0 Å². The summed E-state index contributed by atoms with van der Waals surface area (Å²) in [6.45, 7) is 0. The molecule has 0 amide bonds. The largest absolute Gasteiger partial charge is 0.513 e. The third-order valence-electron chi connectivity index (χ3n) is 2.19. The number of rotatable bonds is 1. The molecule has 0 heterocycles. The highest BCUT2D eigenvalue weighted by molar-refractivity contribution is 6.06. The average Bonchev–Trinajstić information content (AvgIpc) is 2.27. The lowest BCUT2D eigenvalue weighted by Gasteiger charge is -2.03.